The van der Waals surface area contributed by atoms with Gasteiger partial charge in [0.2, 0.25) is 27.7 Å². The summed E-state index contributed by atoms with van der Waals surface area (Å²) in [6.07, 6.45) is 1.03. The summed E-state index contributed by atoms with van der Waals surface area (Å²) < 4.78 is 34.6. The van der Waals surface area contributed by atoms with Crippen LogP contribution in [-0.4, -0.2) is 57.4 Å². The average molecular weight is 485 g/mol. The quantitative estimate of drug-likeness (QED) is 0.481. The minimum absolute atomic E-state index is 0.166. The zero-order valence-corrected chi connectivity index (χ0v) is 19.6. The number of hydrogen-bond acceptors (Lipinski definition) is 8. The highest BCUT2D eigenvalue weighted by Gasteiger charge is 2.27. The van der Waals surface area contributed by atoms with Crippen LogP contribution in [0.4, 0.5) is 5.69 Å². The van der Waals surface area contributed by atoms with Gasteiger partial charge < -0.3 is 4.74 Å². The summed E-state index contributed by atoms with van der Waals surface area (Å²) in [6.45, 7) is 3.66. The first-order valence-corrected chi connectivity index (χ1v) is 12.3. The van der Waals surface area contributed by atoms with Crippen molar-refractivity contribution in [3.8, 4) is 17.4 Å². The first-order chi connectivity index (χ1) is 16.2. The Morgan fingerprint density at radius 1 is 1.00 bits per heavy atom. The molecule has 0 unspecified atom stereocenters. The SMILES string of the molecule is Cc1cc(C)n(-c2ccc(Oc3ccc(NS(=O)(=O)CCN4C(=O)CCCC4=O)cc3)nn2)n1. The molecule has 12 heteroatoms. The molecule has 3 aromatic rings. The lowest BCUT2D eigenvalue weighted by molar-refractivity contribution is -0.147. The smallest absolute Gasteiger partial charge is 0.238 e. The lowest BCUT2D eigenvalue weighted by atomic mass is 10.1. The number of nitrogens with zero attached hydrogens (tertiary/aromatic N) is 5. The van der Waals surface area contributed by atoms with Gasteiger partial charge in [-0.25, -0.2) is 13.1 Å². The second kappa shape index (κ2) is 9.59. The van der Waals surface area contributed by atoms with Crippen LogP contribution in [0.5, 0.6) is 11.6 Å². The molecule has 2 aromatic heterocycles. The summed E-state index contributed by atoms with van der Waals surface area (Å²) >= 11 is 0. The van der Waals surface area contributed by atoms with Crippen LogP contribution >= 0.6 is 0 Å². The zero-order chi connectivity index (χ0) is 24.3. The van der Waals surface area contributed by atoms with E-state index in [4.69, 9.17) is 4.74 Å². The molecule has 1 N–H and O–H groups in total. The molecule has 0 spiro atoms. The van der Waals surface area contributed by atoms with Gasteiger partial charge in [0, 0.05) is 36.8 Å². The Morgan fingerprint density at radius 3 is 2.29 bits per heavy atom. The molecule has 0 aliphatic carbocycles. The number of nitrogens with one attached hydrogen (secondary N) is 1. The molecule has 3 heterocycles. The number of hydrogen-bond donors (Lipinski definition) is 1. The number of likely N-dealkylation sites (tertiary alicyclic amines) is 1. The number of carbonyl (C=O) groups is 2. The van der Waals surface area contributed by atoms with E-state index in [1.165, 1.54) is 0 Å². The van der Waals surface area contributed by atoms with Crippen LogP contribution in [-0.2, 0) is 19.6 Å². The Labute approximate surface area is 196 Å². The average Bonchev–Trinajstić information content (AvgIpc) is 3.13. The van der Waals surface area contributed by atoms with E-state index in [9.17, 15) is 18.0 Å². The Morgan fingerprint density at radius 2 is 1.71 bits per heavy atom. The maximum absolute atomic E-state index is 12.4. The third-order valence-electron chi connectivity index (χ3n) is 5.17. The van der Waals surface area contributed by atoms with Crippen LogP contribution in [0, 0.1) is 13.8 Å². The van der Waals surface area contributed by atoms with E-state index >= 15 is 0 Å². The van der Waals surface area contributed by atoms with Crippen molar-refractivity contribution in [3.05, 3.63) is 53.9 Å². The molecule has 1 aromatic carbocycles. The molecular formula is C22H24N6O5S. The second-order valence-corrected chi connectivity index (χ2v) is 9.75. The lowest BCUT2D eigenvalue weighted by Crippen LogP contribution is -2.43. The highest BCUT2D eigenvalue weighted by atomic mass is 32.2. The molecular weight excluding hydrogens is 460 g/mol. The fraction of sp³-hybridized carbons (Fsp3) is 0.318. The minimum Gasteiger partial charge on any atom is -0.438 e. The number of anilines is 1. The summed E-state index contributed by atoms with van der Waals surface area (Å²) in [5, 5.41) is 12.6. The van der Waals surface area contributed by atoms with Crippen molar-refractivity contribution in [1.82, 2.24) is 24.9 Å². The van der Waals surface area contributed by atoms with Gasteiger partial charge in [0.05, 0.1) is 11.4 Å². The molecule has 1 fully saturated rings. The number of amides is 2. The Bertz CT molecular complexity index is 1290. The van der Waals surface area contributed by atoms with Gasteiger partial charge in [0.25, 0.3) is 0 Å². The van der Waals surface area contributed by atoms with Crippen molar-refractivity contribution in [2.75, 3.05) is 17.0 Å². The van der Waals surface area contributed by atoms with E-state index in [1.807, 2.05) is 19.9 Å². The molecule has 0 atom stereocenters. The first-order valence-electron chi connectivity index (χ1n) is 10.7. The molecule has 1 aliphatic rings. The predicted molar refractivity (Wildman–Crippen MR) is 123 cm³/mol. The van der Waals surface area contributed by atoms with Crippen molar-refractivity contribution in [3.63, 3.8) is 0 Å². The topological polar surface area (TPSA) is 136 Å². The summed E-state index contributed by atoms with van der Waals surface area (Å²) in [6, 6.07) is 11.6. The Kier molecular flexibility index (Phi) is 6.59. The molecule has 1 saturated heterocycles. The summed E-state index contributed by atoms with van der Waals surface area (Å²) in [4.78, 5) is 24.7. The standard InChI is InChI=1S/C22H24N6O5S/c1-15-14-16(2)28(25-15)19-10-11-20(24-23-19)33-18-8-6-17(7-9-18)26-34(31,32)13-12-27-21(29)4-3-5-22(27)30/h6-11,14,26H,3-5,12-13H2,1-2H3. The second-order valence-electron chi connectivity index (χ2n) is 7.91. The lowest BCUT2D eigenvalue weighted by Gasteiger charge is -2.24. The van der Waals surface area contributed by atoms with Gasteiger partial charge in [-0.3, -0.25) is 19.2 Å². The molecule has 2 amide bonds. The van der Waals surface area contributed by atoms with Crippen molar-refractivity contribution < 1.29 is 22.7 Å². The number of carbonyl (C=O) groups excluding carboxylic acids is 2. The summed E-state index contributed by atoms with van der Waals surface area (Å²) in [7, 11) is -3.75. The van der Waals surface area contributed by atoms with Crippen molar-refractivity contribution >= 4 is 27.5 Å². The molecule has 4 rings (SSSR count). The van der Waals surface area contributed by atoms with Gasteiger partial charge in [-0.2, -0.15) is 5.10 Å². The summed E-state index contributed by atoms with van der Waals surface area (Å²) in [5.41, 5.74) is 2.14. The van der Waals surface area contributed by atoms with E-state index in [0.717, 1.165) is 16.3 Å². The number of imide groups is 1. The van der Waals surface area contributed by atoms with Crippen LogP contribution in [0.3, 0.4) is 0 Å². The first kappa shape index (κ1) is 23.4. The number of aromatic nitrogens is 4. The number of piperidine rings is 1. The van der Waals surface area contributed by atoms with Gasteiger partial charge in [-0.1, -0.05) is 0 Å². The molecule has 178 valence electrons. The van der Waals surface area contributed by atoms with Crippen LogP contribution in [0.25, 0.3) is 5.82 Å². The Hall–Kier alpha value is -3.80. The fourth-order valence-electron chi connectivity index (χ4n) is 3.54. The van der Waals surface area contributed by atoms with Crippen molar-refractivity contribution in [2.45, 2.75) is 33.1 Å². The van der Waals surface area contributed by atoms with Gasteiger partial charge >= 0.3 is 0 Å². The Balaban J connectivity index is 1.34. The highest BCUT2D eigenvalue weighted by molar-refractivity contribution is 7.92. The van der Waals surface area contributed by atoms with Gasteiger partial charge in [-0.15, -0.1) is 10.2 Å². The van der Waals surface area contributed by atoms with Crippen LogP contribution in [0.15, 0.2) is 42.5 Å². The predicted octanol–water partition coefficient (Wildman–Crippen LogP) is 2.35. The fourth-order valence-corrected chi connectivity index (χ4v) is 4.56. The maximum atomic E-state index is 12.4. The van der Waals surface area contributed by atoms with Crippen molar-refractivity contribution in [1.29, 1.82) is 0 Å². The van der Waals surface area contributed by atoms with E-state index in [2.05, 4.69) is 20.0 Å². The van der Waals surface area contributed by atoms with Crippen molar-refractivity contribution in [2.24, 2.45) is 0 Å². The summed E-state index contributed by atoms with van der Waals surface area (Å²) in [5.74, 6) is 0.239. The van der Waals surface area contributed by atoms with E-state index < -0.39 is 10.0 Å². The molecule has 0 saturated carbocycles. The third kappa shape index (κ3) is 5.57. The molecule has 11 nitrogen and oxygen atoms in total. The maximum Gasteiger partial charge on any atom is 0.238 e. The highest BCUT2D eigenvalue weighted by Crippen LogP contribution is 2.22. The van der Waals surface area contributed by atoms with Crippen LogP contribution in [0.1, 0.15) is 30.7 Å². The van der Waals surface area contributed by atoms with E-state index in [0.29, 0.717) is 23.7 Å². The number of ether oxygens (including phenoxy) is 1. The van der Waals surface area contributed by atoms with Gasteiger partial charge in [0.15, 0.2) is 5.82 Å². The third-order valence-corrected chi connectivity index (χ3v) is 6.44. The van der Waals surface area contributed by atoms with Crippen LogP contribution in [0.2, 0.25) is 0 Å². The van der Waals surface area contributed by atoms with E-state index in [-0.39, 0.29) is 42.8 Å². The van der Waals surface area contributed by atoms with E-state index in [1.54, 1.807) is 41.1 Å². The van der Waals surface area contributed by atoms with Gasteiger partial charge in [0.1, 0.15) is 5.75 Å². The van der Waals surface area contributed by atoms with Gasteiger partial charge in [-0.05, 0) is 56.7 Å². The minimum atomic E-state index is -3.75. The normalized spacial score (nSPS) is 14.4. The number of sulfonamides is 1. The largest absolute Gasteiger partial charge is 0.438 e. The monoisotopic (exact) mass is 484 g/mol. The number of aryl methyl sites for hydroxylation is 2. The zero-order valence-electron chi connectivity index (χ0n) is 18.8. The molecule has 0 radical (unpaired) electrons. The molecule has 34 heavy (non-hydrogen) atoms. The molecule has 1 aliphatic heterocycles. The van der Waals surface area contributed by atoms with Crippen LogP contribution < -0.4 is 9.46 Å². The molecule has 0 bridgehead atoms. The number of benzene rings is 1. The number of rotatable bonds is 8.